The molecule has 0 spiro atoms. The highest BCUT2D eigenvalue weighted by Gasteiger charge is 2.16. The van der Waals surface area contributed by atoms with E-state index >= 15 is 0 Å². The Labute approximate surface area is 145 Å². The van der Waals surface area contributed by atoms with E-state index in [1.165, 1.54) is 0 Å². The van der Waals surface area contributed by atoms with Crippen molar-refractivity contribution in [3.63, 3.8) is 0 Å². The summed E-state index contributed by atoms with van der Waals surface area (Å²) in [7, 11) is 0. The van der Waals surface area contributed by atoms with E-state index in [4.69, 9.17) is 5.11 Å². The normalized spacial score (nSPS) is 10.4. The van der Waals surface area contributed by atoms with Crippen LogP contribution in [0.25, 0.3) is 0 Å². The van der Waals surface area contributed by atoms with E-state index in [1.807, 2.05) is 37.3 Å². The zero-order valence-corrected chi connectivity index (χ0v) is 13.7. The van der Waals surface area contributed by atoms with Gasteiger partial charge in [-0.15, -0.1) is 0 Å². The molecule has 0 saturated heterocycles. The van der Waals surface area contributed by atoms with Crippen molar-refractivity contribution in [2.45, 2.75) is 6.92 Å². The first-order valence-electron chi connectivity index (χ1n) is 7.70. The average Bonchev–Trinajstić information content (AvgIpc) is 2.61. The molecule has 0 fully saturated rings. The lowest BCUT2D eigenvalue weighted by Crippen LogP contribution is -2.30. The summed E-state index contributed by atoms with van der Waals surface area (Å²) in [6, 6.07) is 15.8. The van der Waals surface area contributed by atoms with Crippen LogP contribution in [0.3, 0.4) is 0 Å². The number of nitrogens with zero attached hydrogens (tertiary/aromatic N) is 1. The molecule has 0 aromatic heterocycles. The fraction of sp³-hybridized carbons (Fsp3) is 0.105. The Morgan fingerprint density at radius 2 is 1.76 bits per heavy atom. The summed E-state index contributed by atoms with van der Waals surface area (Å²) in [5, 5.41) is 11.1. The van der Waals surface area contributed by atoms with Gasteiger partial charge in [-0.3, -0.25) is 9.59 Å². The van der Waals surface area contributed by atoms with Gasteiger partial charge in [-0.2, -0.15) is 0 Å². The molecule has 6 heteroatoms. The van der Waals surface area contributed by atoms with Crippen LogP contribution in [0.2, 0.25) is 0 Å². The number of carboxylic acid groups (broad SMARTS) is 1. The summed E-state index contributed by atoms with van der Waals surface area (Å²) in [6.45, 7) is 2.38. The first kappa shape index (κ1) is 17.9. The Hall–Kier alpha value is -3.41. The smallest absolute Gasteiger partial charge is 0.328 e. The van der Waals surface area contributed by atoms with Crippen molar-refractivity contribution >= 4 is 29.2 Å². The molecular weight excluding hydrogens is 320 g/mol. The number of hydrogen-bond donors (Lipinski definition) is 2. The number of amides is 2. The largest absolute Gasteiger partial charge is 0.478 e. The number of para-hydroxylation sites is 1. The topological polar surface area (TPSA) is 86.7 Å². The van der Waals surface area contributed by atoms with Crippen LogP contribution in [0, 0.1) is 0 Å². The maximum Gasteiger partial charge on any atom is 0.328 e. The number of carbonyl (C=O) groups is 3. The Morgan fingerprint density at radius 3 is 2.40 bits per heavy atom. The predicted molar refractivity (Wildman–Crippen MR) is 95.6 cm³/mol. The van der Waals surface area contributed by atoms with E-state index in [0.29, 0.717) is 17.8 Å². The highest BCUT2D eigenvalue weighted by atomic mass is 16.4. The minimum Gasteiger partial charge on any atom is -0.478 e. The van der Waals surface area contributed by atoms with Crippen LogP contribution in [0.4, 0.5) is 11.4 Å². The van der Waals surface area contributed by atoms with Crippen molar-refractivity contribution in [3.8, 4) is 0 Å². The molecule has 0 atom stereocenters. The third-order valence-corrected chi connectivity index (χ3v) is 3.38. The first-order valence-corrected chi connectivity index (χ1v) is 7.70. The molecule has 0 aliphatic heterocycles. The molecule has 0 bridgehead atoms. The average molecular weight is 338 g/mol. The van der Waals surface area contributed by atoms with Crippen molar-refractivity contribution in [3.05, 3.63) is 72.3 Å². The van der Waals surface area contributed by atoms with Gasteiger partial charge in [0.15, 0.2) is 0 Å². The van der Waals surface area contributed by atoms with Crippen molar-refractivity contribution in [1.29, 1.82) is 0 Å². The van der Waals surface area contributed by atoms with Gasteiger partial charge >= 0.3 is 5.97 Å². The van der Waals surface area contributed by atoms with Crippen LogP contribution in [0.5, 0.6) is 0 Å². The number of carbonyl (C=O) groups excluding carboxylic acids is 2. The van der Waals surface area contributed by atoms with Crippen molar-refractivity contribution in [2.75, 3.05) is 16.8 Å². The van der Waals surface area contributed by atoms with Gasteiger partial charge in [0.05, 0.1) is 0 Å². The highest BCUT2D eigenvalue weighted by Crippen LogP contribution is 2.18. The van der Waals surface area contributed by atoms with Gasteiger partial charge in [-0.05, 0) is 37.3 Å². The zero-order chi connectivity index (χ0) is 18.2. The summed E-state index contributed by atoms with van der Waals surface area (Å²) >= 11 is 0. The second-order valence-corrected chi connectivity index (χ2v) is 5.13. The van der Waals surface area contributed by atoms with Crippen molar-refractivity contribution in [2.24, 2.45) is 0 Å². The van der Waals surface area contributed by atoms with Crippen LogP contribution in [-0.4, -0.2) is 29.4 Å². The van der Waals surface area contributed by atoms with Crippen LogP contribution in [0.1, 0.15) is 17.3 Å². The second-order valence-electron chi connectivity index (χ2n) is 5.13. The zero-order valence-electron chi connectivity index (χ0n) is 13.7. The fourth-order valence-corrected chi connectivity index (χ4v) is 2.27. The van der Waals surface area contributed by atoms with Crippen molar-refractivity contribution in [1.82, 2.24) is 0 Å². The minimum absolute atomic E-state index is 0.189. The van der Waals surface area contributed by atoms with Crippen LogP contribution in [0.15, 0.2) is 66.7 Å². The molecule has 2 aromatic carbocycles. The molecule has 0 unspecified atom stereocenters. The molecule has 0 radical (unpaired) electrons. The van der Waals surface area contributed by atoms with Gasteiger partial charge in [0.2, 0.25) is 5.91 Å². The number of hydrogen-bond acceptors (Lipinski definition) is 3. The standard InChI is InChI=1S/C19H18N2O4/c1-2-21(16-9-4-3-5-10-16)19(25)14-7-6-8-15(13-14)20-17(22)11-12-18(23)24/h3-13H,2H2,1H3,(H,20,22)(H,23,24). The van der Waals surface area contributed by atoms with E-state index in [9.17, 15) is 14.4 Å². The van der Waals surface area contributed by atoms with E-state index in [2.05, 4.69) is 5.32 Å². The Bertz CT molecular complexity index is 800. The number of anilines is 2. The van der Waals surface area contributed by atoms with Gasteiger partial charge in [-0.1, -0.05) is 24.3 Å². The number of aliphatic carboxylic acids is 1. The number of carboxylic acids is 1. The van der Waals surface area contributed by atoms with Gasteiger partial charge in [0.25, 0.3) is 5.91 Å². The number of nitrogens with one attached hydrogen (secondary N) is 1. The molecule has 2 amide bonds. The molecule has 25 heavy (non-hydrogen) atoms. The lowest BCUT2D eigenvalue weighted by molar-refractivity contribution is -0.131. The summed E-state index contributed by atoms with van der Waals surface area (Å²) in [4.78, 5) is 36.5. The van der Waals surface area contributed by atoms with Crippen molar-refractivity contribution < 1.29 is 19.5 Å². The Kier molecular flexibility index (Phi) is 6.06. The summed E-state index contributed by atoms with van der Waals surface area (Å²) in [6.07, 6.45) is 1.66. The summed E-state index contributed by atoms with van der Waals surface area (Å²) < 4.78 is 0. The predicted octanol–water partition coefficient (Wildman–Crippen LogP) is 2.93. The van der Waals surface area contributed by atoms with Gasteiger partial charge in [0, 0.05) is 35.6 Å². The minimum atomic E-state index is -1.21. The molecule has 2 rings (SSSR count). The van der Waals surface area contributed by atoms with E-state index in [1.54, 1.807) is 29.2 Å². The summed E-state index contributed by atoms with van der Waals surface area (Å²) in [5.41, 5.74) is 1.62. The van der Waals surface area contributed by atoms with E-state index < -0.39 is 11.9 Å². The Balaban J connectivity index is 2.18. The van der Waals surface area contributed by atoms with Crippen LogP contribution >= 0.6 is 0 Å². The SMILES string of the molecule is CCN(C(=O)c1cccc(NC(=O)C=CC(=O)O)c1)c1ccccc1. The molecule has 0 heterocycles. The Morgan fingerprint density at radius 1 is 1.04 bits per heavy atom. The van der Waals surface area contributed by atoms with E-state index in [-0.39, 0.29) is 5.91 Å². The third kappa shape index (κ3) is 5.04. The molecule has 128 valence electrons. The molecule has 0 aliphatic rings. The quantitative estimate of drug-likeness (QED) is 0.793. The molecule has 6 nitrogen and oxygen atoms in total. The van der Waals surface area contributed by atoms with E-state index in [0.717, 1.165) is 17.8 Å². The van der Waals surface area contributed by atoms with Gasteiger partial charge in [0.1, 0.15) is 0 Å². The summed E-state index contributed by atoms with van der Waals surface area (Å²) in [5.74, 6) is -1.98. The highest BCUT2D eigenvalue weighted by molar-refractivity contribution is 6.07. The molecule has 2 N–H and O–H groups in total. The lowest BCUT2D eigenvalue weighted by Gasteiger charge is -2.21. The molecular formula is C19H18N2O4. The second kappa shape index (κ2) is 8.44. The molecule has 0 saturated carbocycles. The molecule has 0 aliphatic carbocycles. The fourth-order valence-electron chi connectivity index (χ4n) is 2.27. The number of benzene rings is 2. The maximum absolute atomic E-state index is 12.8. The third-order valence-electron chi connectivity index (χ3n) is 3.38. The monoisotopic (exact) mass is 338 g/mol. The van der Waals surface area contributed by atoms with Crippen LogP contribution in [-0.2, 0) is 9.59 Å². The number of rotatable bonds is 6. The van der Waals surface area contributed by atoms with Gasteiger partial charge in [-0.25, -0.2) is 4.79 Å². The van der Waals surface area contributed by atoms with Crippen LogP contribution < -0.4 is 10.2 Å². The first-order chi connectivity index (χ1) is 12.0. The lowest BCUT2D eigenvalue weighted by atomic mass is 10.1. The van der Waals surface area contributed by atoms with Gasteiger partial charge < -0.3 is 15.3 Å². The maximum atomic E-state index is 12.8. The molecule has 2 aromatic rings.